The van der Waals surface area contributed by atoms with Gasteiger partial charge in [0.05, 0.1) is 19.7 Å². The molecule has 1 aliphatic heterocycles. The van der Waals surface area contributed by atoms with Crippen molar-refractivity contribution < 1.29 is 14.3 Å². The van der Waals surface area contributed by atoms with Crippen LogP contribution in [0.1, 0.15) is 19.8 Å². The quantitative estimate of drug-likeness (QED) is 0.548. The minimum atomic E-state index is -0.394. The van der Waals surface area contributed by atoms with Crippen LogP contribution >= 0.6 is 0 Å². The molecule has 0 radical (unpaired) electrons. The average molecular weight is 240 g/mol. The first-order valence-corrected chi connectivity index (χ1v) is 5.86. The van der Waals surface area contributed by atoms with Gasteiger partial charge in [-0.15, -0.1) is 0 Å². The van der Waals surface area contributed by atoms with Crippen LogP contribution in [0.15, 0.2) is 11.8 Å². The molecule has 0 saturated carbocycles. The largest absolute Gasteiger partial charge is 0.449 e. The number of unbranched alkanes of at least 4 members (excludes halogenated alkanes) is 1. The average Bonchev–Trinajstić information content (AvgIpc) is 2.60. The van der Waals surface area contributed by atoms with Crippen LogP contribution in [0.4, 0.5) is 4.79 Å². The molecule has 5 nitrogen and oxygen atoms in total. The van der Waals surface area contributed by atoms with Crippen molar-refractivity contribution in [1.82, 2.24) is 9.80 Å². The van der Waals surface area contributed by atoms with Crippen LogP contribution in [0.3, 0.4) is 0 Å². The fraction of sp³-hybridized carbons (Fsp3) is 0.667. The third-order valence-electron chi connectivity index (χ3n) is 2.45. The normalized spacial score (nSPS) is 17.7. The third-order valence-corrected chi connectivity index (χ3v) is 2.45. The maximum Gasteiger partial charge on any atom is 0.410 e. The number of hydrogen-bond donors (Lipinski definition) is 0. The van der Waals surface area contributed by atoms with Crippen molar-refractivity contribution in [3.8, 4) is 0 Å². The first-order chi connectivity index (χ1) is 8.04. The van der Waals surface area contributed by atoms with E-state index in [9.17, 15) is 9.59 Å². The summed E-state index contributed by atoms with van der Waals surface area (Å²) in [5.74, 6) is -0.00820. The summed E-state index contributed by atoms with van der Waals surface area (Å²) in [6, 6.07) is 0. The summed E-state index contributed by atoms with van der Waals surface area (Å²) in [5, 5.41) is 0. The molecule has 0 aromatic rings. The lowest BCUT2D eigenvalue weighted by molar-refractivity contribution is -0.114. The molecular weight excluding hydrogens is 220 g/mol. The fourth-order valence-corrected chi connectivity index (χ4v) is 1.57. The maximum atomic E-state index is 11.6. The molecule has 1 fully saturated rings. The second-order valence-corrected chi connectivity index (χ2v) is 4.37. The molecule has 0 spiro atoms. The van der Waals surface area contributed by atoms with Gasteiger partial charge in [-0.1, -0.05) is 13.3 Å². The Labute approximate surface area is 102 Å². The van der Waals surface area contributed by atoms with Crippen molar-refractivity contribution in [1.29, 1.82) is 0 Å². The Hall–Kier alpha value is -1.52. The van der Waals surface area contributed by atoms with Gasteiger partial charge >= 0.3 is 6.09 Å². The van der Waals surface area contributed by atoms with Crippen molar-refractivity contribution in [3.05, 3.63) is 11.8 Å². The first kappa shape index (κ1) is 13.5. The van der Waals surface area contributed by atoms with Crippen molar-refractivity contribution in [3.63, 3.8) is 0 Å². The number of amides is 1. The Morgan fingerprint density at radius 1 is 1.47 bits per heavy atom. The third kappa shape index (κ3) is 4.09. The first-order valence-electron chi connectivity index (χ1n) is 5.86. The molecule has 0 aliphatic carbocycles. The van der Waals surface area contributed by atoms with E-state index in [2.05, 4.69) is 0 Å². The molecule has 0 atom stereocenters. The number of carbonyl (C=O) groups is 2. The lowest BCUT2D eigenvalue weighted by atomic mass is 10.2. The van der Waals surface area contributed by atoms with Crippen molar-refractivity contribution in [2.24, 2.45) is 0 Å². The van der Waals surface area contributed by atoms with E-state index in [0.29, 0.717) is 18.7 Å². The van der Waals surface area contributed by atoms with Gasteiger partial charge in [0, 0.05) is 25.9 Å². The highest BCUT2D eigenvalue weighted by atomic mass is 16.6. The molecule has 0 N–H and O–H groups in total. The zero-order valence-corrected chi connectivity index (χ0v) is 10.7. The molecule has 17 heavy (non-hydrogen) atoms. The van der Waals surface area contributed by atoms with Crippen molar-refractivity contribution in [2.45, 2.75) is 19.8 Å². The number of carbonyl (C=O) groups excluding carboxylic acids is 2. The van der Waals surface area contributed by atoms with Gasteiger partial charge in [0.15, 0.2) is 5.78 Å². The van der Waals surface area contributed by atoms with E-state index in [1.165, 1.54) is 4.90 Å². The van der Waals surface area contributed by atoms with Gasteiger partial charge in [0.2, 0.25) is 0 Å². The van der Waals surface area contributed by atoms with Crippen LogP contribution < -0.4 is 0 Å². The van der Waals surface area contributed by atoms with Crippen LogP contribution in [0.5, 0.6) is 0 Å². The van der Waals surface area contributed by atoms with Gasteiger partial charge in [-0.3, -0.25) is 9.69 Å². The van der Waals surface area contributed by atoms with E-state index in [0.717, 1.165) is 12.8 Å². The van der Waals surface area contributed by atoms with Crippen LogP contribution in [0, 0.1) is 0 Å². The predicted molar refractivity (Wildman–Crippen MR) is 64.6 cm³/mol. The molecule has 5 heteroatoms. The van der Waals surface area contributed by atoms with E-state index >= 15 is 0 Å². The van der Waals surface area contributed by atoms with Gasteiger partial charge < -0.3 is 9.64 Å². The summed E-state index contributed by atoms with van der Waals surface area (Å²) in [6.07, 6.45) is 3.20. The van der Waals surface area contributed by atoms with Crippen molar-refractivity contribution in [2.75, 3.05) is 33.8 Å². The Morgan fingerprint density at radius 3 is 2.76 bits per heavy atom. The highest BCUT2D eigenvalue weighted by Crippen LogP contribution is 2.13. The van der Waals surface area contributed by atoms with E-state index in [4.69, 9.17) is 4.74 Å². The number of ether oxygens (including phenoxy) is 1. The highest BCUT2D eigenvalue weighted by Gasteiger charge is 2.29. The van der Waals surface area contributed by atoms with Gasteiger partial charge in [0.1, 0.15) is 0 Å². The Kier molecular flexibility index (Phi) is 5.00. The molecule has 0 aromatic heterocycles. The molecule has 0 bridgehead atoms. The molecular formula is C12H20N2O3. The van der Waals surface area contributed by atoms with E-state index in [1.54, 1.807) is 11.1 Å². The van der Waals surface area contributed by atoms with Gasteiger partial charge in [-0.05, 0) is 6.42 Å². The van der Waals surface area contributed by atoms with E-state index in [1.807, 2.05) is 21.0 Å². The standard InChI is InChI=1S/C12H20N2O3/c1-4-5-6-17-12(16)14-8-10(7-13(2)3)11(15)9-14/h7H,4-6,8-9H2,1-3H3. The molecule has 96 valence electrons. The molecule has 1 amide bonds. The van der Waals surface area contributed by atoms with Crippen LogP contribution in [0.2, 0.25) is 0 Å². The Bertz CT molecular complexity index is 324. The van der Waals surface area contributed by atoms with Crippen LogP contribution in [0.25, 0.3) is 0 Å². The number of Topliss-reactive ketones (excluding diaryl/α,β-unsaturated/α-hetero) is 1. The van der Waals surface area contributed by atoms with Crippen LogP contribution in [-0.2, 0) is 9.53 Å². The lowest BCUT2D eigenvalue weighted by Crippen LogP contribution is -2.29. The number of rotatable bonds is 4. The molecule has 0 aromatic carbocycles. The molecule has 1 aliphatic rings. The lowest BCUT2D eigenvalue weighted by Gasteiger charge is -2.14. The predicted octanol–water partition coefficient (Wildman–Crippen LogP) is 1.25. The Morgan fingerprint density at radius 2 is 2.18 bits per heavy atom. The molecule has 0 unspecified atom stereocenters. The second kappa shape index (κ2) is 6.27. The minimum Gasteiger partial charge on any atom is -0.449 e. The minimum absolute atomic E-state index is 0.00820. The smallest absolute Gasteiger partial charge is 0.410 e. The Balaban J connectivity index is 2.48. The number of hydrogen-bond acceptors (Lipinski definition) is 4. The van der Waals surface area contributed by atoms with E-state index in [-0.39, 0.29) is 12.3 Å². The highest BCUT2D eigenvalue weighted by molar-refractivity contribution is 6.01. The van der Waals surface area contributed by atoms with Crippen LogP contribution in [-0.4, -0.2) is 55.5 Å². The fourth-order valence-electron chi connectivity index (χ4n) is 1.57. The topological polar surface area (TPSA) is 49.9 Å². The molecule has 1 heterocycles. The summed E-state index contributed by atoms with van der Waals surface area (Å²) >= 11 is 0. The van der Waals surface area contributed by atoms with E-state index < -0.39 is 6.09 Å². The summed E-state index contributed by atoms with van der Waals surface area (Å²) in [5.41, 5.74) is 0.655. The summed E-state index contributed by atoms with van der Waals surface area (Å²) in [4.78, 5) is 26.5. The summed E-state index contributed by atoms with van der Waals surface area (Å²) in [6.45, 7) is 2.94. The monoisotopic (exact) mass is 240 g/mol. The number of likely N-dealkylation sites (tertiary alicyclic amines) is 1. The number of ketones is 1. The maximum absolute atomic E-state index is 11.6. The van der Waals surface area contributed by atoms with Gasteiger partial charge in [-0.25, -0.2) is 4.79 Å². The van der Waals surface area contributed by atoms with Gasteiger partial charge in [-0.2, -0.15) is 0 Å². The number of nitrogens with zero attached hydrogens (tertiary/aromatic N) is 2. The van der Waals surface area contributed by atoms with Crippen molar-refractivity contribution >= 4 is 11.9 Å². The molecule has 1 saturated heterocycles. The summed E-state index contributed by atoms with van der Waals surface area (Å²) < 4.78 is 5.06. The zero-order chi connectivity index (χ0) is 12.8. The summed E-state index contributed by atoms with van der Waals surface area (Å²) in [7, 11) is 3.70. The zero-order valence-electron chi connectivity index (χ0n) is 10.7. The second-order valence-electron chi connectivity index (χ2n) is 4.37. The van der Waals surface area contributed by atoms with Gasteiger partial charge in [0.25, 0.3) is 0 Å². The molecule has 1 rings (SSSR count). The SMILES string of the molecule is CCCCOC(=O)N1CC(=O)C(=CN(C)C)C1.